The van der Waals surface area contributed by atoms with Gasteiger partial charge in [0.1, 0.15) is 11.6 Å². The predicted octanol–water partition coefficient (Wildman–Crippen LogP) is 4.54. The Hall–Kier alpha value is -2.48. The maximum atomic E-state index is 13.8. The van der Waals surface area contributed by atoms with Crippen LogP contribution in [-0.2, 0) is 0 Å². The Kier molecular flexibility index (Phi) is 5.86. The van der Waals surface area contributed by atoms with E-state index in [0.717, 1.165) is 24.6 Å². The number of anilines is 1. The quantitative estimate of drug-likeness (QED) is 0.573. The maximum absolute atomic E-state index is 13.8. The molecule has 2 rings (SSSR count). The van der Waals surface area contributed by atoms with Gasteiger partial charge in [-0.15, -0.1) is 0 Å². The van der Waals surface area contributed by atoms with Gasteiger partial charge in [-0.05, 0) is 30.7 Å². The molecule has 0 aliphatic carbocycles. The van der Waals surface area contributed by atoms with Crippen molar-refractivity contribution < 1.29 is 18.8 Å². The van der Waals surface area contributed by atoms with Crippen LogP contribution in [0.3, 0.4) is 0 Å². The lowest BCUT2D eigenvalue weighted by molar-refractivity contribution is -0.384. The summed E-state index contributed by atoms with van der Waals surface area (Å²) in [6, 6.07) is 7.81. The molecule has 0 aliphatic heterocycles. The summed E-state index contributed by atoms with van der Waals surface area (Å²) in [5, 5.41) is 13.1. The fourth-order valence-electron chi connectivity index (χ4n) is 1.93. The average Bonchev–Trinajstić information content (AvgIpc) is 2.55. The molecule has 0 spiro atoms. The normalized spacial score (nSPS) is 10.3. The van der Waals surface area contributed by atoms with E-state index < -0.39 is 16.6 Å². The van der Waals surface area contributed by atoms with E-state index in [4.69, 9.17) is 4.74 Å². The average molecular weight is 397 g/mol. The lowest BCUT2D eigenvalue weighted by atomic mass is 10.1. The van der Waals surface area contributed by atoms with Gasteiger partial charge in [-0.3, -0.25) is 14.9 Å². The lowest BCUT2D eigenvalue weighted by Crippen LogP contribution is -2.15. The zero-order valence-corrected chi connectivity index (χ0v) is 14.3. The van der Waals surface area contributed by atoms with E-state index in [1.165, 1.54) is 6.07 Å². The van der Waals surface area contributed by atoms with Crippen LogP contribution in [0, 0.1) is 15.9 Å². The van der Waals surface area contributed by atoms with Gasteiger partial charge in [-0.2, -0.15) is 0 Å². The van der Waals surface area contributed by atoms with E-state index in [-0.39, 0.29) is 16.9 Å². The number of hydrogen-bond donors (Lipinski definition) is 1. The number of ether oxygens (including phenoxy) is 1. The number of nitro benzene ring substituents is 1. The third-order valence-corrected chi connectivity index (χ3v) is 3.55. The molecule has 24 heavy (non-hydrogen) atoms. The summed E-state index contributed by atoms with van der Waals surface area (Å²) in [5.74, 6) is -1.04. The molecule has 0 aliphatic rings. The van der Waals surface area contributed by atoms with Crippen molar-refractivity contribution in [3.63, 3.8) is 0 Å². The number of carbonyl (C=O) groups excluding carboxylic acids is 1. The molecular weight excluding hydrogens is 383 g/mol. The molecule has 126 valence electrons. The molecule has 0 heterocycles. The Balaban J connectivity index is 2.31. The van der Waals surface area contributed by atoms with Crippen molar-refractivity contribution in [2.45, 2.75) is 13.3 Å². The van der Waals surface area contributed by atoms with E-state index in [9.17, 15) is 19.3 Å². The third kappa shape index (κ3) is 4.29. The number of nitro groups is 1. The molecule has 0 aromatic heterocycles. The largest absolute Gasteiger partial charge is 0.493 e. The van der Waals surface area contributed by atoms with Gasteiger partial charge in [0, 0.05) is 16.6 Å². The molecular formula is C16H14BrFN2O4. The minimum Gasteiger partial charge on any atom is -0.493 e. The van der Waals surface area contributed by atoms with Gasteiger partial charge >= 0.3 is 0 Å². The monoisotopic (exact) mass is 396 g/mol. The number of halogens is 2. The number of amides is 1. The second-order valence-electron chi connectivity index (χ2n) is 4.86. The van der Waals surface area contributed by atoms with Crippen molar-refractivity contribution in [2.75, 3.05) is 11.9 Å². The first-order valence-electron chi connectivity index (χ1n) is 7.10. The summed E-state index contributed by atoms with van der Waals surface area (Å²) < 4.78 is 20.0. The number of nitrogens with one attached hydrogen (secondary N) is 1. The summed E-state index contributed by atoms with van der Waals surface area (Å²) in [4.78, 5) is 22.6. The highest BCUT2D eigenvalue weighted by atomic mass is 79.9. The number of non-ortho nitro benzene ring substituents is 1. The van der Waals surface area contributed by atoms with E-state index in [1.807, 2.05) is 6.92 Å². The molecule has 0 saturated carbocycles. The van der Waals surface area contributed by atoms with E-state index in [1.54, 1.807) is 12.1 Å². The standard InChI is InChI=1S/C16H14BrFN2O4/c1-2-7-24-15-6-3-10(17)8-12(15)16(21)19-14-9-11(20(22)23)4-5-13(14)18/h3-6,8-9H,2,7H2,1H3,(H,19,21). The molecule has 1 N–H and O–H groups in total. The molecule has 6 nitrogen and oxygen atoms in total. The Morgan fingerprint density at radius 3 is 2.75 bits per heavy atom. The van der Waals surface area contributed by atoms with Gasteiger partial charge in [0.2, 0.25) is 0 Å². The zero-order valence-electron chi connectivity index (χ0n) is 12.7. The summed E-state index contributed by atoms with van der Waals surface area (Å²) in [5.41, 5.74) is -0.386. The first kappa shape index (κ1) is 17.9. The lowest BCUT2D eigenvalue weighted by Gasteiger charge is -2.12. The van der Waals surface area contributed by atoms with Gasteiger partial charge in [-0.1, -0.05) is 22.9 Å². The van der Waals surface area contributed by atoms with Gasteiger partial charge in [0.25, 0.3) is 11.6 Å². The van der Waals surface area contributed by atoms with E-state index in [2.05, 4.69) is 21.2 Å². The Morgan fingerprint density at radius 2 is 2.08 bits per heavy atom. The minimum atomic E-state index is -0.764. The second-order valence-corrected chi connectivity index (χ2v) is 5.78. The van der Waals surface area contributed by atoms with Gasteiger partial charge < -0.3 is 10.1 Å². The molecule has 0 radical (unpaired) electrons. The fraction of sp³-hybridized carbons (Fsp3) is 0.188. The van der Waals surface area contributed by atoms with Crippen LogP contribution in [0.15, 0.2) is 40.9 Å². The fourth-order valence-corrected chi connectivity index (χ4v) is 2.29. The molecule has 0 atom stereocenters. The predicted molar refractivity (Wildman–Crippen MR) is 90.9 cm³/mol. The summed E-state index contributed by atoms with van der Waals surface area (Å²) >= 11 is 3.26. The van der Waals surface area contributed by atoms with Crippen LogP contribution in [0.1, 0.15) is 23.7 Å². The number of rotatable bonds is 6. The van der Waals surface area contributed by atoms with Crippen molar-refractivity contribution in [3.8, 4) is 5.75 Å². The van der Waals surface area contributed by atoms with Crippen molar-refractivity contribution in [1.29, 1.82) is 0 Å². The summed E-state index contributed by atoms with van der Waals surface area (Å²) in [6.45, 7) is 2.35. The highest BCUT2D eigenvalue weighted by molar-refractivity contribution is 9.10. The van der Waals surface area contributed by atoms with Crippen LogP contribution in [0.4, 0.5) is 15.8 Å². The van der Waals surface area contributed by atoms with Gasteiger partial charge in [0.15, 0.2) is 0 Å². The topological polar surface area (TPSA) is 81.5 Å². The molecule has 0 unspecified atom stereocenters. The van der Waals surface area contributed by atoms with Crippen LogP contribution >= 0.6 is 15.9 Å². The van der Waals surface area contributed by atoms with Crippen LogP contribution in [-0.4, -0.2) is 17.4 Å². The third-order valence-electron chi connectivity index (χ3n) is 3.06. The molecule has 8 heteroatoms. The van der Waals surface area contributed by atoms with Gasteiger partial charge in [0.05, 0.1) is 22.8 Å². The SMILES string of the molecule is CCCOc1ccc(Br)cc1C(=O)Nc1cc([N+](=O)[O-])ccc1F. The van der Waals surface area contributed by atoms with Crippen molar-refractivity contribution in [3.05, 3.63) is 62.4 Å². The van der Waals surface area contributed by atoms with Crippen LogP contribution in [0.2, 0.25) is 0 Å². The smallest absolute Gasteiger partial charge is 0.271 e. The van der Waals surface area contributed by atoms with Crippen molar-refractivity contribution >= 4 is 33.2 Å². The van der Waals surface area contributed by atoms with Crippen molar-refractivity contribution in [2.24, 2.45) is 0 Å². The van der Waals surface area contributed by atoms with E-state index >= 15 is 0 Å². The van der Waals surface area contributed by atoms with Crippen LogP contribution < -0.4 is 10.1 Å². The minimum absolute atomic E-state index is 0.198. The summed E-state index contributed by atoms with van der Waals surface area (Å²) in [7, 11) is 0. The zero-order chi connectivity index (χ0) is 17.7. The first-order chi connectivity index (χ1) is 11.4. The number of nitrogens with zero attached hydrogens (tertiary/aromatic N) is 1. The first-order valence-corrected chi connectivity index (χ1v) is 7.89. The molecule has 0 bridgehead atoms. The number of carbonyl (C=O) groups is 1. The molecule has 2 aromatic carbocycles. The number of hydrogen-bond acceptors (Lipinski definition) is 4. The van der Waals surface area contributed by atoms with E-state index in [0.29, 0.717) is 16.8 Å². The number of benzene rings is 2. The molecule has 0 fully saturated rings. The van der Waals surface area contributed by atoms with Crippen molar-refractivity contribution in [1.82, 2.24) is 0 Å². The maximum Gasteiger partial charge on any atom is 0.271 e. The molecule has 0 saturated heterocycles. The molecule has 2 aromatic rings. The van der Waals surface area contributed by atoms with Crippen LogP contribution in [0.5, 0.6) is 5.75 Å². The van der Waals surface area contributed by atoms with Crippen LogP contribution in [0.25, 0.3) is 0 Å². The Labute approximate surface area is 145 Å². The second kappa shape index (κ2) is 7.87. The Morgan fingerprint density at radius 1 is 1.33 bits per heavy atom. The summed E-state index contributed by atoms with van der Waals surface area (Å²) in [6.07, 6.45) is 0.761. The Bertz CT molecular complexity index is 783. The highest BCUT2D eigenvalue weighted by Gasteiger charge is 2.17. The van der Waals surface area contributed by atoms with Gasteiger partial charge in [-0.25, -0.2) is 4.39 Å². The highest BCUT2D eigenvalue weighted by Crippen LogP contribution is 2.26. The molecule has 1 amide bonds.